The molecule has 0 aliphatic rings. The number of hydrogen-bond acceptors (Lipinski definition) is 5. The summed E-state index contributed by atoms with van der Waals surface area (Å²) in [5, 5.41) is 9.55. The third-order valence-electron chi connectivity index (χ3n) is 3.89. The molecule has 1 aromatic heterocycles. The number of sulfone groups is 1. The van der Waals surface area contributed by atoms with Gasteiger partial charge in [0.25, 0.3) is 0 Å². The van der Waals surface area contributed by atoms with Gasteiger partial charge in [-0.05, 0) is 29.8 Å². The second-order valence-electron chi connectivity index (χ2n) is 5.98. The summed E-state index contributed by atoms with van der Waals surface area (Å²) in [6, 6.07) is 12.3. The van der Waals surface area contributed by atoms with Gasteiger partial charge in [-0.1, -0.05) is 24.3 Å². The minimum atomic E-state index is -3.31. The van der Waals surface area contributed by atoms with Gasteiger partial charge in [-0.3, -0.25) is 4.79 Å². The number of carboxylic acids is 1. The van der Waals surface area contributed by atoms with E-state index in [2.05, 4.69) is 4.98 Å². The monoisotopic (exact) mass is 405 g/mol. The van der Waals surface area contributed by atoms with Crippen molar-refractivity contribution in [2.75, 3.05) is 6.26 Å². The van der Waals surface area contributed by atoms with Crippen LogP contribution in [0.1, 0.15) is 11.4 Å². The number of nitrogens with zero attached hydrogens (tertiary/aromatic N) is 1. The standard InChI is InChI=1S/C19H16FNO4S2/c1-27(24,25)15-8-4-12(5-9-15)18-19(13-2-6-14(20)7-3-13)26-16(21-18)10-11-17(22)23/h2-9H,10-11H2,1H3,(H,22,23). The molecule has 8 heteroatoms. The summed E-state index contributed by atoms with van der Waals surface area (Å²) in [6.07, 6.45) is 1.39. The van der Waals surface area contributed by atoms with Gasteiger partial charge < -0.3 is 5.11 Å². The minimum absolute atomic E-state index is 0.0389. The number of aryl methyl sites for hydroxylation is 1. The molecule has 0 saturated carbocycles. The first-order valence-corrected chi connectivity index (χ1v) is 10.7. The average molecular weight is 405 g/mol. The minimum Gasteiger partial charge on any atom is -0.481 e. The van der Waals surface area contributed by atoms with Crippen LogP contribution in [0.3, 0.4) is 0 Å². The van der Waals surface area contributed by atoms with E-state index < -0.39 is 15.8 Å². The Morgan fingerprint density at radius 3 is 2.22 bits per heavy atom. The molecule has 0 atom stereocenters. The fourth-order valence-electron chi connectivity index (χ4n) is 2.54. The number of aromatic nitrogens is 1. The van der Waals surface area contributed by atoms with E-state index in [9.17, 15) is 17.6 Å². The maximum Gasteiger partial charge on any atom is 0.303 e. The number of aliphatic carboxylic acids is 1. The lowest BCUT2D eigenvalue weighted by Gasteiger charge is -2.04. The molecule has 27 heavy (non-hydrogen) atoms. The van der Waals surface area contributed by atoms with E-state index in [1.54, 1.807) is 24.3 Å². The smallest absolute Gasteiger partial charge is 0.303 e. The zero-order valence-corrected chi connectivity index (χ0v) is 16.0. The Labute approximate surface area is 160 Å². The molecule has 1 N–H and O–H groups in total. The zero-order valence-electron chi connectivity index (χ0n) is 14.3. The van der Waals surface area contributed by atoms with Crippen molar-refractivity contribution in [2.24, 2.45) is 0 Å². The summed E-state index contributed by atoms with van der Waals surface area (Å²) in [4.78, 5) is 16.4. The van der Waals surface area contributed by atoms with Crippen molar-refractivity contribution < 1.29 is 22.7 Å². The molecule has 140 valence electrons. The Hall–Kier alpha value is -2.58. The maximum absolute atomic E-state index is 13.3. The Kier molecular flexibility index (Phi) is 5.38. The lowest BCUT2D eigenvalue weighted by molar-refractivity contribution is -0.136. The Morgan fingerprint density at radius 1 is 1.07 bits per heavy atom. The molecule has 5 nitrogen and oxygen atoms in total. The molecule has 3 aromatic rings. The first-order valence-electron chi connectivity index (χ1n) is 8.02. The Balaban J connectivity index is 2.06. The number of thiazole rings is 1. The summed E-state index contributed by atoms with van der Waals surface area (Å²) < 4.78 is 36.6. The Bertz CT molecular complexity index is 1070. The zero-order chi connectivity index (χ0) is 19.6. The van der Waals surface area contributed by atoms with Crippen molar-refractivity contribution in [1.82, 2.24) is 4.98 Å². The van der Waals surface area contributed by atoms with Crippen molar-refractivity contribution in [1.29, 1.82) is 0 Å². The number of carbonyl (C=O) groups is 1. The van der Waals surface area contributed by atoms with Gasteiger partial charge in [0.05, 0.1) is 26.9 Å². The topological polar surface area (TPSA) is 84.3 Å². The van der Waals surface area contributed by atoms with Crippen molar-refractivity contribution in [3.8, 4) is 21.7 Å². The predicted molar refractivity (Wildman–Crippen MR) is 102 cm³/mol. The first kappa shape index (κ1) is 19.2. The van der Waals surface area contributed by atoms with E-state index in [0.29, 0.717) is 16.3 Å². The summed E-state index contributed by atoms with van der Waals surface area (Å²) >= 11 is 1.35. The van der Waals surface area contributed by atoms with Crippen molar-refractivity contribution in [2.45, 2.75) is 17.7 Å². The van der Waals surface area contributed by atoms with Crippen LogP contribution in [-0.2, 0) is 21.1 Å². The van der Waals surface area contributed by atoms with Crippen LogP contribution in [0.25, 0.3) is 21.7 Å². The molecule has 0 fully saturated rings. The van der Waals surface area contributed by atoms with Crippen molar-refractivity contribution in [3.63, 3.8) is 0 Å². The molecule has 0 aliphatic carbocycles. The predicted octanol–water partition coefficient (Wildman–Crippen LogP) is 4.04. The molecule has 0 aliphatic heterocycles. The number of hydrogen-bond donors (Lipinski definition) is 1. The molecule has 2 aromatic carbocycles. The molecule has 0 bridgehead atoms. The molecule has 0 amide bonds. The third kappa shape index (κ3) is 4.58. The first-order chi connectivity index (χ1) is 12.7. The van der Waals surface area contributed by atoms with Crippen LogP contribution in [0.15, 0.2) is 53.4 Å². The normalized spacial score (nSPS) is 11.5. The number of benzene rings is 2. The van der Waals surface area contributed by atoms with Gasteiger partial charge in [0.1, 0.15) is 5.82 Å². The lowest BCUT2D eigenvalue weighted by atomic mass is 10.1. The van der Waals surface area contributed by atoms with E-state index in [-0.39, 0.29) is 23.6 Å². The second kappa shape index (κ2) is 7.58. The highest BCUT2D eigenvalue weighted by Crippen LogP contribution is 2.37. The summed E-state index contributed by atoms with van der Waals surface area (Å²) in [6.45, 7) is 0. The molecule has 1 heterocycles. The SMILES string of the molecule is CS(=O)(=O)c1ccc(-c2nc(CCC(=O)O)sc2-c2ccc(F)cc2)cc1. The molecular weight excluding hydrogens is 389 g/mol. The van der Waals surface area contributed by atoms with Gasteiger partial charge in [-0.25, -0.2) is 17.8 Å². The molecule has 0 saturated heterocycles. The summed E-state index contributed by atoms with van der Waals surface area (Å²) in [7, 11) is -3.31. The second-order valence-corrected chi connectivity index (χ2v) is 9.08. The number of rotatable bonds is 6. The van der Waals surface area contributed by atoms with Crippen molar-refractivity contribution in [3.05, 3.63) is 59.4 Å². The van der Waals surface area contributed by atoms with Gasteiger partial charge in [0.15, 0.2) is 9.84 Å². The summed E-state index contributed by atoms with van der Waals surface area (Å²) in [5.74, 6) is -1.26. The molecule has 3 rings (SSSR count). The van der Waals surface area contributed by atoms with E-state index >= 15 is 0 Å². The highest BCUT2D eigenvalue weighted by atomic mass is 32.2. The van der Waals surface area contributed by atoms with Crippen LogP contribution >= 0.6 is 11.3 Å². The van der Waals surface area contributed by atoms with Crippen LogP contribution < -0.4 is 0 Å². The largest absolute Gasteiger partial charge is 0.481 e. The van der Waals surface area contributed by atoms with Crippen LogP contribution in [-0.4, -0.2) is 30.7 Å². The van der Waals surface area contributed by atoms with E-state index in [4.69, 9.17) is 5.11 Å². The van der Waals surface area contributed by atoms with E-state index in [1.165, 1.54) is 35.6 Å². The van der Waals surface area contributed by atoms with Gasteiger partial charge in [0.2, 0.25) is 0 Å². The fourth-order valence-corrected chi connectivity index (χ4v) is 4.26. The lowest BCUT2D eigenvalue weighted by Crippen LogP contribution is -1.97. The van der Waals surface area contributed by atoms with E-state index in [1.807, 2.05) is 0 Å². The quantitative estimate of drug-likeness (QED) is 0.669. The van der Waals surface area contributed by atoms with E-state index in [0.717, 1.165) is 16.7 Å². The third-order valence-corrected chi connectivity index (χ3v) is 6.18. The van der Waals surface area contributed by atoms with Crippen LogP contribution in [0.2, 0.25) is 0 Å². The Morgan fingerprint density at radius 2 is 1.67 bits per heavy atom. The van der Waals surface area contributed by atoms with Crippen LogP contribution in [0.5, 0.6) is 0 Å². The highest BCUT2D eigenvalue weighted by molar-refractivity contribution is 7.90. The maximum atomic E-state index is 13.3. The van der Waals surface area contributed by atoms with Crippen LogP contribution in [0.4, 0.5) is 4.39 Å². The number of carboxylic acid groups (broad SMARTS) is 1. The van der Waals surface area contributed by atoms with Gasteiger partial charge in [-0.2, -0.15) is 0 Å². The molecule has 0 spiro atoms. The van der Waals surface area contributed by atoms with Gasteiger partial charge in [-0.15, -0.1) is 11.3 Å². The van der Waals surface area contributed by atoms with Gasteiger partial charge in [0, 0.05) is 18.2 Å². The highest BCUT2D eigenvalue weighted by Gasteiger charge is 2.17. The molecular formula is C19H16FNO4S2. The van der Waals surface area contributed by atoms with Crippen LogP contribution in [0, 0.1) is 5.82 Å². The fraction of sp³-hybridized carbons (Fsp3) is 0.158. The average Bonchev–Trinajstić information content (AvgIpc) is 3.04. The molecule has 0 unspecified atom stereocenters. The number of halogens is 1. The van der Waals surface area contributed by atoms with Crippen molar-refractivity contribution >= 4 is 27.1 Å². The summed E-state index contributed by atoms with van der Waals surface area (Å²) in [5.41, 5.74) is 2.09. The molecule has 0 radical (unpaired) electrons. The van der Waals surface area contributed by atoms with Gasteiger partial charge >= 0.3 is 5.97 Å².